The van der Waals surface area contributed by atoms with Crippen LogP contribution in [0.25, 0.3) is 33.3 Å². The zero-order valence-electron chi connectivity index (χ0n) is 18.9. The van der Waals surface area contributed by atoms with E-state index in [1.807, 2.05) is 0 Å². The van der Waals surface area contributed by atoms with Crippen LogP contribution in [-0.4, -0.2) is 4.57 Å². The molecule has 1 heterocycles. The van der Waals surface area contributed by atoms with Gasteiger partial charge in [-0.3, -0.25) is 0 Å². The number of nitrogens with zero attached hydrogens (tertiary/aromatic N) is 1. The predicted molar refractivity (Wildman–Crippen MR) is 140 cm³/mol. The summed E-state index contributed by atoms with van der Waals surface area (Å²) in [5, 5.41) is 1.44. The minimum atomic E-state index is -2.54. The Morgan fingerprint density at radius 2 is 1.49 bits per heavy atom. The van der Waals surface area contributed by atoms with E-state index in [-0.39, 0.29) is 24.8 Å². The van der Waals surface area contributed by atoms with E-state index in [1.54, 1.807) is 0 Å². The van der Waals surface area contributed by atoms with Crippen molar-refractivity contribution in [1.82, 2.24) is 4.57 Å². The van der Waals surface area contributed by atoms with Gasteiger partial charge in [0.1, 0.15) is 0 Å². The van der Waals surface area contributed by atoms with Crippen LogP contribution in [0.15, 0.2) is 89.4 Å². The fourth-order valence-corrected chi connectivity index (χ4v) is 14.3. The minimum absolute atomic E-state index is 0. The van der Waals surface area contributed by atoms with Crippen molar-refractivity contribution >= 4 is 39.0 Å². The van der Waals surface area contributed by atoms with Gasteiger partial charge in [-0.15, -0.1) is 0 Å². The number of rotatable bonds is 2. The molecular formula is C29H20BrCl2NSZr. The molecule has 0 N–H and O–H groups in total. The van der Waals surface area contributed by atoms with Crippen LogP contribution >= 0.6 is 24.8 Å². The molecule has 0 radical (unpaired) electrons. The standard InChI is InChI=1S/C16H11BrN.C13H9.2ClH.S.Zr/c1-18-15-5-3-2-4-13(15)14-9-10-8-11(17)6-7-12(10)16(14)18;1-3-7-12-10(5-1)9-11-6-2-4-8-13(11)12;;;;/h2-3,5-8H,9H2,1H3;1-9H;2*1H;;/q;;;;;+2/p-2. The largest absolute Gasteiger partial charge is 1.00 e. The Bertz CT molecular complexity index is 1610. The van der Waals surface area contributed by atoms with E-state index in [0.717, 1.165) is 10.9 Å². The van der Waals surface area contributed by atoms with Crippen molar-refractivity contribution in [3.8, 4) is 22.4 Å². The maximum Gasteiger partial charge on any atom is -1.00 e. The Kier molecular flexibility index (Phi) is 6.83. The van der Waals surface area contributed by atoms with E-state index in [1.165, 1.54) is 58.8 Å². The second kappa shape index (κ2) is 9.47. The Labute approximate surface area is 237 Å². The summed E-state index contributed by atoms with van der Waals surface area (Å²) in [5.74, 6) is 0. The Morgan fingerprint density at radius 3 is 2.17 bits per heavy atom. The third-order valence-electron chi connectivity index (χ3n) is 7.38. The SMILES string of the molecule is Cn1c2c(c3[c]([Zr+2](=[S])[CH]4c5ccccc5-c5ccccc54)cccc31)Cc1cc(Br)ccc1-2.[Cl-].[Cl-]. The van der Waals surface area contributed by atoms with Crippen molar-refractivity contribution in [2.75, 3.05) is 0 Å². The van der Waals surface area contributed by atoms with Gasteiger partial charge >= 0.3 is 214 Å². The number of aryl methyl sites for hydroxylation is 1. The molecule has 0 amide bonds. The first-order chi connectivity index (χ1) is 16.1. The number of hydrogen-bond acceptors (Lipinski definition) is 1. The van der Waals surface area contributed by atoms with Gasteiger partial charge in [-0.2, -0.15) is 0 Å². The molecule has 0 spiro atoms. The zero-order chi connectivity index (χ0) is 22.3. The van der Waals surface area contributed by atoms with Crippen molar-refractivity contribution in [1.29, 1.82) is 0 Å². The average molecular weight is 657 g/mol. The van der Waals surface area contributed by atoms with Gasteiger partial charge in [0, 0.05) is 0 Å². The van der Waals surface area contributed by atoms with Gasteiger partial charge in [-0.25, -0.2) is 0 Å². The second-order valence-corrected chi connectivity index (χ2v) is 17.1. The molecule has 7 rings (SSSR count). The molecule has 0 aliphatic heterocycles. The average Bonchev–Trinajstić information content (AvgIpc) is 3.46. The molecule has 0 saturated heterocycles. The molecule has 0 fully saturated rings. The molecule has 0 saturated carbocycles. The maximum absolute atomic E-state index is 6.61. The molecule has 172 valence electrons. The van der Waals surface area contributed by atoms with E-state index in [9.17, 15) is 0 Å². The molecule has 6 heteroatoms. The molecule has 1 nitrogen and oxygen atoms in total. The number of benzene rings is 4. The van der Waals surface area contributed by atoms with Crippen LogP contribution in [0.1, 0.15) is 25.9 Å². The number of fused-ring (bicyclic) bond motifs is 8. The first-order valence-electron chi connectivity index (χ1n) is 11.2. The molecule has 2 aliphatic rings. The summed E-state index contributed by atoms with van der Waals surface area (Å²) in [7, 11) is 8.83. The normalized spacial score (nSPS) is 12.6. The van der Waals surface area contributed by atoms with Crippen molar-refractivity contribution in [2.24, 2.45) is 7.05 Å². The monoisotopic (exact) mass is 653 g/mol. The van der Waals surface area contributed by atoms with Crippen LogP contribution in [-0.2, 0) is 33.2 Å². The quantitative estimate of drug-likeness (QED) is 0.275. The summed E-state index contributed by atoms with van der Waals surface area (Å²) in [6.07, 6.45) is 0.988. The van der Waals surface area contributed by atoms with Crippen molar-refractivity contribution < 1.29 is 44.5 Å². The van der Waals surface area contributed by atoms with E-state index >= 15 is 0 Å². The Hall–Kier alpha value is -1.42. The van der Waals surface area contributed by atoms with Crippen molar-refractivity contribution in [2.45, 2.75) is 10.0 Å². The van der Waals surface area contributed by atoms with Crippen LogP contribution < -0.4 is 28.1 Å². The number of aromatic nitrogens is 1. The van der Waals surface area contributed by atoms with E-state index < -0.39 is 19.7 Å². The molecule has 5 aromatic rings. The molecule has 4 aromatic carbocycles. The first-order valence-corrected chi connectivity index (χ1v) is 18.1. The van der Waals surface area contributed by atoms with E-state index in [0.29, 0.717) is 3.63 Å². The first kappa shape index (κ1) is 25.2. The van der Waals surface area contributed by atoms with Gasteiger partial charge in [0.2, 0.25) is 0 Å². The molecule has 35 heavy (non-hydrogen) atoms. The summed E-state index contributed by atoms with van der Waals surface area (Å²) in [4.78, 5) is 0. The number of halogens is 3. The smallest absolute Gasteiger partial charge is 1.00 e. The summed E-state index contributed by atoms with van der Waals surface area (Å²) in [6, 6.07) is 31.4. The van der Waals surface area contributed by atoms with Crippen LogP contribution in [0.2, 0.25) is 0 Å². The Morgan fingerprint density at radius 1 is 0.829 bits per heavy atom. The second-order valence-electron chi connectivity index (χ2n) is 9.04. The maximum atomic E-state index is 6.61. The number of hydrogen-bond donors (Lipinski definition) is 0. The summed E-state index contributed by atoms with van der Waals surface area (Å²) >= 11 is 1.13. The van der Waals surface area contributed by atoms with Crippen molar-refractivity contribution in [3.05, 3.63) is 112 Å². The molecule has 1 aromatic heterocycles. The van der Waals surface area contributed by atoms with Gasteiger partial charge in [0.05, 0.1) is 0 Å². The molecular weight excluding hydrogens is 636 g/mol. The summed E-state index contributed by atoms with van der Waals surface area (Å²) in [6.45, 7) is 0. The Balaban J connectivity index is 0.00000127. The topological polar surface area (TPSA) is 4.93 Å². The van der Waals surface area contributed by atoms with Crippen LogP contribution in [0.3, 0.4) is 0 Å². The third-order valence-corrected chi connectivity index (χ3v) is 15.7. The van der Waals surface area contributed by atoms with Crippen LogP contribution in [0.5, 0.6) is 0 Å². The summed E-state index contributed by atoms with van der Waals surface area (Å²) < 4.78 is 5.41. The van der Waals surface area contributed by atoms with E-state index in [2.05, 4.69) is 112 Å². The molecule has 2 aliphatic carbocycles. The fourth-order valence-electron chi connectivity index (χ4n) is 6.02. The van der Waals surface area contributed by atoms with Gasteiger partial charge in [0.15, 0.2) is 0 Å². The molecule has 0 atom stereocenters. The summed E-state index contributed by atoms with van der Waals surface area (Å²) in [5.41, 5.74) is 12.6. The van der Waals surface area contributed by atoms with Gasteiger partial charge in [-0.05, 0) is 0 Å². The zero-order valence-corrected chi connectivity index (χ0v) is 25.2. The minimum Gasteiger partial charge on any atom is -1.00 e. The third kappa shape index (κ3) is 3.63. The molecule has 0 unspecified atom stereocenters. The van der Waals surface area contributed by atoms with Gasteiger partial charge in [0.25, 0.3) is 0 Å². The van der Waals surface area contributed by atoms with Crippen LogP contribution in [0, 0.1) is 0 Å². The van der Waals surface area contributed by atoms with Crippen molar-refractivity contribution in [3.63, 3.8) is 0 Å². The van der Waals surface area contributed by atoms with Gasteiger partial charge < -0.3 is 24.8 Å². The fraction of sp³-hybridized carbons (Fsp3) is 0.103. The van der Waals surface area contributed by atoms with Gasteiger partial charge in [-0.1, -0.05) is 0 Å². The molecule has 0 bridgehead atoms. The van der Waals surface area contributed by atoms with Crippen LogP contribution in [0.4, 0.5) is 0 Å². The predicted octanol–water partition coefficient (Wildman–Crippen LogP) is 1.65. The van der Waals surface area contributed by atoms with E-state index in [4.69, 9.17) is 8.86 Å².